The molecule has 1 aliphatic heterocycles. The third-order valence-electron chi connectivity index (χ3n) is 3.62. The van der Waals surface area contributed by atoms with E-state index in [2.05, 4.69) is 5.32 Å². The van der Waals surface area contributed by atoms with Gasteiger partial charge in [-0.1, -0.05) is 0 Å². The molecule has 17 heavy (non-hydrogen) atoms. The zero-order chi connectivity index (χ0) is 12.6. The minimum atomic E-state index is -0.850. The van der Waals surface area contributed by atoms with Crippen LogP contribution in [0.1, 0.15) is 19.3 Å². The summed E-state index contributed by atoms with van der Waals surface area (Å²) in [5, 5.41) is 11.6. The van der Waals surface area contributed by atoms with E-state index in [9.17, 15) is 14.4 Å². The number of carboxylic acid groups (broad SMARTS) is 1. The van der Waals surface area contributed by atoms with Crippen molar-refractivity contribution >= 4 is 17.8 Å². The lowest BCUT2D eigenvalue weighted by atomic mass is 10.1. The molecular formula is C11H16N2O4. The first-order valence-corrected chi connectivity index (χ1v) is 5.70. The molecule has 2 aliphatic rings. The third kappa shape index (κ3) is 2.25. The van der Waals surface area contributed by atoms with Crippen LogP contribution in [0.2, 0.25) is 0 Å². The standard InChI is InChI=1S/C11H16N2O4/c1-13-5-7(4-8(13)14)9(15)12-6-11(2-3-11)10(16)17/h7H,2-6H2,1H3,(H,12,15)(H,16,17). The first kappa shape index (κ1) is 11.9. The molecule has 0 radical (unpaired) electrons. The molecule has 94 valence electrons. The van der Waals surface area contributed by atoms with E-state index in [1.165, 1.54) is 4.90 Å². The predicted molar refractivity (Wildman–Crippen MR) is 58.1 cm³/mol. The molecule has 0 spiro atoms. The number of carbonyl (C=O) groups is 3. The number of rotatable bonds is 4. The van der Waals surface area contributed by atoms with Crippen molar-refractivity contribution in [3.05, 3.63) is 0 Å². The van der Waals surface area contributed by atoms with E-state index in [1.807, 2.05) is 0 Å². The smallest absolute Gasteiger partial charge is 0.311 e. The number of likely N-dealkylation sites (tertiary alicyclic amines) is 1. The average Bonchev–Trinajstić information content (AvgIpc) is 2.99. The van der Waals surface area contributed by atoms with Gasteiger partial charge in [-0.05, 0) is 12.8 Å². The van der Waals surface area contributed by atoms with Gasteiger partial charge in [0, 0.05) is 26.6 Å². The molecule has 1 atom stereocenters. The Balaban J connectivity index is 1.83. The van der Waals surface area contributed by atoms with Crippen molar-refractivity contribution in [1.82, 2.24) is 10.2 Å². The van der Waals surface area contributed by atoms with Crippen LogP contribution in [0.15, 0.2) is 0 Å². The maximum absolute atomic E-state index is 11.8. The van der Waals surface area contributed by atoms with Gasteiger partial charge in [0.15, 0.2) is 0 Å². The fourth-order valence-corrected chi connectivity index (χ4v) is 2.06. The summed E-state index contributed by atoms with van der Waals surface area (Å²) in [5.41, 5.74) is -0.746. The second-order valence-electron chi connectivity index (χ2n) is 4.98. The summed E-state index contributed by atoms with van der Waals surface area (Å²) in [7, 11) is 1.66. The quantitative estimate of drug-likeness (QED) is 0.690. The van der Waals surface area contributed by atoms with E-state index in [4.69, 9.17) is 5.11 Å². The molecule has 2 N–H and O–H groups in total. The molecule has 6 heteroatoms. The molecule has 0 aromatic carbocycles. The minimum Gasteiger partial charge on any atom is -0.481 e. The van der Waals surface area contributed by atoms with E-state index < -0.39 is 11.4 Å². The number of aliphatic carboxylic acids is 1. The maximum Gasteiger partial charge on any atom is 0.311 e. The zero-order valence-corrected chi connectivity index (χ0v) is 9.73. The van der Waals surface area contributed by atoms with Gasteiger partial charge in [0.1, 0.15) is 0 Å². The molecule has 2 amide bonds. The Morgan fingerprint density at radius 3 is 2.59 bits per heavy atom. The van der Waals surface area contributed by atoms with E-state index in [0.29, 0.717) is 19.4 Å². The molecule has 0 aromatic rings. The summed E-state index contributed by atoms with van der Waals surface area (Å²) in [6.07, 6.45) is 1.46. The molecule has 1 saturated heterocycles. The topological polar surface area (TPSA) is 86.7 Å². The first-order valence-electron chi connectivity index (χ1n) is 5.70. The van der Waals surface area contributed by atoms with Crippen LogP contribution in [0.3, 0.4) is 0 Å². The Kier molecular flexibility index (Phi) is 2.81. The van der Waals surface area contributed by atoms with Crippen molar-refractivity contribution in [3.63, 3.8) is 0 Å². The average molecular weight is 240 g/mol. The first-order chi connectivity index (χ1) is 7.94. The molecule has 1 unspecified atom stereocenters. The summed E-state index contributed by atoms with van der Waals surface area (Å²) in [6.45, 7) is 0.598. The fourth-order valence-electron chi connectivity index (χ4n) is 2.06. The highest BCUT2D eigenvalue weighted by molar-refractivity contribution is 5.89. The van der Waals surface area contributed by atoms with Crippen LogP contribution < -0.4 is 5.32 Å². The van der Waals surface area contributed by atoms with Crippen molar-refractivity contribution in [2.75, 3.05) is 20.1 Å². The molecule has 1 saturated carbocycles. The van der Waals surface area contributed by atoms with E-state index in [0.717, 1.165) is 0 Å². The second-order valence-corrected chi connectivity index (χ2v) is 4.98. The van der Waals surface area contributed by atoms with E-state index in [1.54, 1.807) is 7.05 Å². The molecule has 2 fully saturated rings. The summed E-state index contributed by atoms with van der Waals surface area (Å²) in [5.74, 6) is -1.44. The molecular weight excluding hydrogens is 224 g/mol. The van der Waals surface area contributed by atoms with Crippen molar-refractivity contribution in [1.29, 1.82) is 0 Å². The minimum absolute atomic E-state index is 0.0375. The Morgan fingerprint density at radius 2 is 2.18 bits per heavy atom. The third-order valence-corrected chi connectivity index (χ3v) is 3.62. The molecule has 1 heterocycles. The van der Waals surface area contributed by atoms with Gasteiger partial charge in [-0.25, -0.2) is 0 Å². The Morgan fingerprint density at radius 1 is 1.53 bits per heavy atom. The normalized spacial score (nSPS) is 25.8. The number of nitrogens with zero attached hydrogens (tertiary/aromatic N) is 1. The lowest BCUT2D eigenvalue weighted by Crippen LogP contribution is -2.38. The van der Waals surface area contributed by atoms with Crippen molar-refractivity contribution in [2.45, 2.75) is 19.3 Å². The molecule has 1 aliphatic carbocycles. The van der Waals surface area contributed by atoms with E-state index >= 15 is 0 Å². The monoisotopic (exact) mass is 240 g/mol. The number of hydrogen-bond donors (Lipinski definition) is 2. The van der Waals surface area contributed by atoms with Gasteiger partial charge in [0.05, 0.1) is 11.3 Å². The highest BCUT2D eigenvalue weighted by Crippen LogP contribution is 2.45. The predicted octanol–water partition coefficient (Wildman–Crippen LogP) is -0.554. The van der Waals surface area contributed by atoms with Crippen LogP contribution in [0.4, 0.5) is 0 Å². The van der Waals surface area contributed by atoms with Crippen LogP contribution in [0, 0.1) is 11.3 Å². The SMILES string of the molecule is CN1CC(C(=O)NCC2(C(=O)O)CC2)CC1=O. The van der Waals surface area contributed by atoms with Crippen LogP contribution in [-0.2, 0) is 14.4 Å². The number of carbonyl (C=O) groups excluding carboxylic acids is 2. The Bertz CT molecular complexity index is 376. The van der Waals surface area contributed by atoms with Crippen molar-refractivity contribution in [3.8, 4) is 0 Å². The second kappa shape index (κ2) is 4.01. The lowest BCUT2D eigenvalue weighted by Gasteiger charge is -2.14. The van der Waals surface area contributed by atoms with E-state index in [-0.39, 0.29) is 30.7 Å². The number of carboxylic acids is 1. The maximum atomic E-state index is 11.8. The molecule has 0 bridgehead atoms. The number of hydrogen-bond acceptors (Lipinski definition) is 3. The van der Waals surface area contributed by atoms with Gasteiger partial charge < -0.3 is 15.3 Å². The van der Waals surface area contributed by atoms with Crippen molar-refractivity contribution < 1.29 is 19.5 Å². The largest absolute Gasteiger partial charge is 0.481 e. The van der Waals surface area contributed by atoms with Crippen LogP contribution in [-0.4, -0.2) is 47.9 Å². The van der Waals surface area contributed by atoms with Gasteiger partial charge in [-0.2, -0.15) is 0 Å². The number of amides is 2. The zero-order valence-electron chi connectivity index (χ0n) is 9.73. The summed E-state index contributed by atoms with van der Waals surface area (Å²) in [6, 6.07) is 0. The van der Waals surface area contributed by atoms with Crippen LogP contribution in [0.5, 0.6) is 0 Å². The Hall–Kier alpha value is -1.59. The van der Waals surface area contributed by atoms with Gasteiger partial charge in [-0.15, -0.1) is 0 Å². The molecule has 6 nitrogen and oxygen atoms in total. The lowest BCUT2D eigenvalue weighted by molar-refractivity contribution is -0.143. The van der Waals surface area contributed by atoms with Gasteiger partial charge in [0.25, 0.3) is 0 Å². The number of nitrogens with one attached hydrogen (secondary N) is 1. The van der Waals surface area contributed by atoms with Gasteiger partial charge >= 0.3 is 5.97 Å². The summed E-state index contributed by atoms with van der Waals surface area (Å²) >= 11 is 0. The fraction of sp³-hybridized carbons (Fsp3) is 0.727. The summed E-state index contributed by atoms with van der Waals surface area (Å²) in [4.78, 5) is 35.4. The Labute approximate surface area is 99.0 Å². The molecule has 0 aromatic heterocycles. The molecule has 2 rings (SSSR count). The summed E-state index contributed by atoms with van der Waals surface area (Å²) < 4.78 is 0. The van der Waals surface area contributed by atoms with Crippen molar-refractivity contribution in [2.24, 2.45) is 11.3 Å². The van der Waals surface area contributed by atoms with Crippen LogP contribution in [0.25, 0.3) is 0 Å². The van der Waals surface area contributed by atoms with Gasteiger partial charge in [-0.3, -0.25) is 14.4 Å². The highest BCUT2D eigenvalue weighted by Gasteiger charge is 2.50. The highest BCUT2D eigenvalue weighted by atomic mass is 16.4. The van der Waals surface area contributed by atoms with Gasteiger partial charge in [0.2, 0.25) is 11.8 Å². The van der Waals surface area contributed by atoms with Crippen LogP contribution >= 0.6 is 0 Å².